The fourth-order valence-corrected chi connectivity index (χ4v) is 5.23. The van der Waals surface area contributed by atoms with E-state index >= 15 is 0 Å². The molecule has 0 saturated carbocycles. The second kappa shape index (κ2) is 8.72. The molecule has 0 spiro atoms. The van der Waals surface area contributed by atoms with Crippen LogP contribution in [-0.4, -0.2) is 38.6 Å². The number of likely N-dealkylation sites (tertiary alicyclic amines) is 1. The summed E-state index contributed by atoms with van der Waals surface area (Å²) in [6.45, 7) is 3.79. The Balaban J connectivity index is 1.79. The summed E-state index contributed by atoms with van der Waals surface area (Å²) < 4.78 is 0. The summed E-state index contributed by atoms with van der Waals surface area (Å²) >= 11 is 2.87. The minimum atomic E-state index is -1.09. The summed E-state index contributed by atoms with van der Waals surface area (Å²) in [4.78, 5) is 51.1. The summed E-state index contributed by atoms with van der Waals surface area (Å²) in [5, 5.41) is 0.755. The van der Waals surface area contributed by atoms with E-state index in [1.54, 1.807) is 37.1 Å². The maximum absolute atomic E-state index is 13.5. The number of amides is 1. The summed E-state index contributed by atoms with van der Waals surface area (Å²) in [6, 6.07) is 10.6. The number of hydrogen-bond donors (Lipinski definition) is 0. The maximum atomic E-state index is 13.5. The maximum Gasteiger partial charge on any atom is 0.291 e. The number of carbonyl (C=O) groups excluding carboxylic acids is 3. The molecule has 31 heavy (non-hydrogen) atoms. The Labute approximate surface area is 188 Å². The number of pyridine rings is 1. The first-order valence-electron chi connectivity index (χ1n) is 9.76. The molecule has 3 heterocycles. The number of aryl methyl sites for hydroxylation is 2. The second-order valence-corrected chi connectivity index (χ2v) is 9.45. The number of Topliss-reactive ketones (excluding diaryl/α,β-unsaturated/α-hetero) is 2. The van der Waals surface area contributed by atoms with Crippen LogP contribution in [0.2, 0.25) is 0 Å². The molecule has 2 aromatic heterocycles. The zero-order valence-electron chi connectivity index (χ0n) is 17.4. The number of thioether (sulfide) groups is 1. The van der Waals surface area contributed by atoms with Gasteiger partial charge in [-0.15, -0.1) is 23.1 Å². The van der Waals surface area contributed by atoms with Crippen LogP contribution in [0.1, 0.15) is 37.5 Å². The number of aromatic nitrogens is 2. The number of carbonyl (C=O) groups is 3. The lowest BCUT2D eigenvalue weighted by atomic mass is 9.88. The molecule has 0 radical (unpaired) electrons. The third-order valence-electron chi connectivity index (χ3n) is 5.35. The molecule has 0 N–H and O–H groups in total. The molecule has 1 fully saturated rings. The van der Waals surface area contributed by atoms with Crippen LogP contribution in [0.25, 0.3) is 0 Å². The van der Waals surface area contributed by atoms with Crippen LogP contribution in [-0.2, 0) is 16.1 Å². The fraction of sp³-hybridized carbons (Fsp3) is 0.261. The minimum absolute atomic E-state index is 0.206. The molecule has 8 heteroatoms. The Morgan fingerprint density at radius 3 is 2.48 bits per heavy atom. The smallest absolute Gasteiger partial charge is 0.291 e. The predicted octanol–water partition coefficient (Wildman–Crippen LogP) is 4.03. The Morgan fingerprint density at radius 1 is 1.16 bits per heavy atom. The zero-order valence-corrected chi connectivity index (χ0v) is 19.0. The highest BCUT2D eigenvalue weighted by molar-refractivity contribution is 7.98. The average Bonchev–Trinajstić information content (AvgIpc) is 3.24. The summed E-state index contributed by atoms with van der Waals surface area (Å²) in [7, 11) is 0. The molecule has 4 rings (SSSR count). The molecule has 158 valence electrons. The van der Waals surface area contributed by atoms with E-state index in [-0.39, 0.29) is 12.3 Å². The lowest BCUT2D eigenvalue weighted by molar-refractivity contribution is -0.141. The number of ketones is 2. The van der Waals surface area contributed by atoms with E-state index in [0.717, 1.165) is 21.0 Å². The van der Waals surface area contributed by atoms with Crippen LogP contribution >= 0.6 is 23.1 Å². The van der Waals surface area contributed by atoms with Gasteiger partial charge in [-0.3, -0.25) is 19.4 Å². The van der Waals surface area contributed by atoms with Gasteiger partial charge in [0.25, 0.3) is 5.91 Å². The number of benzene rings is 1. The molecule has 6 nitrogen and oxygen atoms in total. The van der Waals surface area contributed by atoms with E-state index in [1.165, 1.54) is 16.2 Å². The van der Waals surface area contributed by atoms with E-state index in [0.29, 0.717) is 10.6 Å². The molecule has 0 bridgehead atoms. The first-order chi connectivity index (χ1) is 14.9. The predicted molar refractivity (Wildman–Crippen MR) is 120 cm³/mol. The van der Waals surface area contributed by atoms with E-state index < -0.39 is 23.7 Å². The molecular formula is C23H21N3O3S2. The fourth-order valence-electron chi connectivity index (χ4n) is 3.92. The van der Waals surface area contributed by atoms with E-state index in [1.807, 2.05) is 43.5 Å². The van der Waals surface area contributed by atoms with Crippen molar-refractivity contribution in [1.82, 2.24) is 14.9 Å². The van der Waals surface area contributed by atoms with Crippen molar-refractivity contribution in [2.75, 3.05) is 6.26 Å². The monoisotopic (exact) mass is 451 g/mol. The highest BCUT2D eigenvalue weighted by Crippen LogP contribution is 2.40. The van der Waals surface area contributed by atoms with Crippen molar-refractivity contribution in [2.45, 2.75) is 31.3 Å². The Bertz CT molecular complexity index is 1140. The highest BCUT2D eigenvalue weighted by atomic mass is 32.2. The molecule has 0 aliphatic carbocycles. The minimum Gasteiger partial charge on any atom is -0.323 e. The van der Waals surface area contributed by atoms with Crippen molar-refractivity contribution < 1.29 is 14.4 Å². The van der Waals surface area contributed by atoms with Crippen molar-refractivity contribution in [3.8, 4) is 0 Å². The van der Waals surface area contributed by atoms with Crippen LogP contribution in [0.15, 0.2) is 53.7 Å². The third kappa shape index (κ3) is 4.05. The Morgan fingerprint density at radius 2 is 1.90 bits per heavy atom. The largest absolute Gasteiger partial charge is 0.323 e. The van der Waals surface area contributed by atoms with Crippen LogP contribution < -0.4 is 0 Å². The number of thiazole rings is 1. The van der Waals surface area contributed by atoms with Gasteiger partial charge in [-0.2, -0.15) is 0 Å². The summed E-state index contributed by atoms with van der Waals surface area (Å²) in [6.07, 6.45) is 5.30. The van der Waals surface area contributed by atoms with E-state index in [2.05, 4.69) is 9.97 Å². The number of hydrogen-bond acceptors (Lipinski definition) is 7. The third-order valence-corrected chi connectivity index (χ3v) is 7.18. The molecule has 1 aromatic carbocycles. The Kier molecular flexibility index (Phi) is 6.02. The molecular weight excluding hydrogens is 430 g/mol. The SMILES string of the molecule is CSc1ccc(C2C(C(=O)c3sc(C)nc3C)C(=O)C(=O)N2Cc2cccnc2)cc1. The highest BCUT2D eigenvalue weighted by Gasteiger charge is 2.52. The normalized spacial score (nSPS) is 18.6. The molecule has 1 aliphatic rings. The first kappa shape index (κ1) is 21.4. The van der Waals surface area contributed by atoms with Gasteiger partial charge in [0.05, 0.1) is 21.6 Å². The summed E-state index contributed by atoms with van der Waals surface area (Å²) in [5.41, 5.74) is 2.15. The van der Waals surface area contributed by atoms with E-state index in [9.17, 15) is 14.4 Å². The van der Waals surface area contributed by atoms with Gasteiger partial charge in [-0.05, 0) is 49.4 Å². The molecule has 1 saturated heterocycles. The van der Waals surface area contributed by atoms with Gasteiger partial charge in [-0.25, -0.2) is 4.98 Å². The van der Waals surface area contributed by atoms with Gasteiger partial charge >= 0.3 is 0 Å². The topological polar surface area (TPSA) is 80.2 Å². The molecule has 2 atom stereocenters. The number of nitrogens with zero attached hydrogens (tertiary/aromatic N) is 3. The second-order valence-electron chi connectivity index (χ2n) is 7.37. The Hall–Kier alpha value is -2.84. The average molecular weight is 452 g/mol. The molecule has 3 aromatic rings. The van der Waals surface area contributed by atoms with Crippen LogP contribution in [0.4, 0.5) is 0 Å². The van der Waals surface area contributed by atoms with Crippen molar-refractivity contribution in [3.05, 3.63) is 75.5 Å². The standard InChI is InChI=1S/C23H21N3O3S2/c1-13-22(31-14(2)25-13)20(27)18-19(16-6-8-17(30-3)9-7-16)26(23(29)21(18)28)12-15-5-4-10-24-11-15/h4-11,18-19H,12H2,1-3H3. The van der Waals surface area contributed by atoms with Crippen molar-refractivity contribution in [2.24, 2.45) is 5.92 Å². The summed E-state index contributed by atoms with van der Waals surface area (Å²) in [5.74, 6) is -2.74. The van der Waals surface area contributed by atoms with E-state index in [4.69, 9.17) is 0 Å². The lowest BCUT2D eigenvalue weighted by Crippen LogP contribution is -2.30. The van der Waals surface area contributed by atoms with Crippen molar-refractivity contribution in [3.63, 3.8) is 0 Å². The van der Waals surface area contributed by atoms with Gasteiger partial charge in [-0.1, -0.05) is 18.2 Å². The van der Waals surface area contributed by atoms with Crippen LogP contribution in [0.5, 0.6) is 0 Å². The van der Waals surface area contributed by atoms with Gasteiger partial charge in [0.1, 0.15) is 5.92 Å². The van der Waals surface area contributed by atoms with Crippen LogP contribution in [0.3, 0.4) is 0 Å². The molecule has 1 aliphatic heterocycles. The van der Waals surface area contributed by atoms with Gasteiger partial charge in [0.15, 0.2) is 5.78 Å². The van der Waals surface area contributed by atoms with Gasteiger partial charge in [0.2, 0.25) is 5.78 Å². The van der Waals surface area contributed by atoms with Crippen molar-refractivity contribution >= 4 is 40.6 Å². The van der Waals surface area contributed by atoms with Gasteiger partial charge in [0, 0.05) is 23.8 Å². The van der Waals surface area contributed by atoms with Crippen LogP contribution in [0, 0.1) is 19.8 Å². The molecule has 2 unspecified atom stereocenters. The lowest BCUT2D eigenvalue weighted by Gasteiger charge is -2.27. The van der Waals surface area contributed by atoms with Gasteiger partial charge < -0.3 is 4.90 Å². The number of rotatable bonds is 6. The van der Waals surface area contributed by atoms with Crippen molar-refractivity contribution in [1.29, 1.82) is 0 Å². The zero-order chi connectivity index (χ0) is 22.1. The first-order valence-corrected chi connectivity index (χ1v) is 11.8. The quantitative estimate of drug-likeness (QED) is 0.244. The molecule has 1 amide bonds.